The lowest BCUT2D eigenvalue weighted by Gasteiger charge is -2.21. The van der Waals surface area contributed by atoms with Gasteiger partial charge in [0.1, 0.15) is 0 Å². The van der Waals surface area contributed by atoms with E-state index >= 15 is 0 Å². The third-order valence-electron chi connectivity index (χ3n) is 6.41. The molecule has 0 fully saturated rings. The molecule has 0 bridgehead atoms. The lowest BCUT2D eigenvalue weighted by Crippen LogP contribution is -2.07. The molecule has 6 rings (SSSR count). The molecule has 0 spiro atoms. The van der Waals surface area contributed by atoms with Crippen LogP contribution in [0.5, 0.6) is 0 Å². The Morgan fingerprint density at radius 2 is 0.970 bits per heavy atom. The maximum atomic E-state index is 14.2. The monoisotopic (exact) mass is 437 g/mol. The van der Waals surface area contributed by atoms with Gasteiger partial charge in [0.2, 0.25) is 0 Å². The molecule has 4 heteroatoms. The minimum Gasteiger partial charge on any atom is -0.398 e. The van der Waals surface area contributed by atoms with Crippen LogP contribution in [0.4, 0.5) is 18.9 Å². The summed E-state index contributed by atoms with van der Waals surface area (Å²) in [7, 11) is 0. The molecule has 0 aromatic heterocycles. The van der Waals surface area contributed by atoms with Gasteiger partial charge >= 0.3 is 6.18 Å². The Bertz CT molecular complexity index is 1640. The topological polar surface area (TPSA) is 26.0 Å². The van der Waals surface area contributed by atoms with Gasteiger partial charge in [-0.05, 0) is 55.9 Å². The fraction of sp³-hybridized carbons (Fsp3) is 0.0345. The number of nitrogens with two attached hydrogens (primary N) is 1. The first-order chi connectivity index (χ1) is 15.9. The molecule has 2 N–H and O–H groups in total. The molecular formula is C29H18F3N. The third kappa shape index (κ3) is 2.94. The van der Waals surface area contributed by atoms with E-state index in [9.17, 15) is 13.2 Å². The van der Waals surface area contributed by atoms with Gasteiger partial charge in [0.05, 0.1) is 5.56 Å². The van der Waals surface area contributed by atoms with E-state index in [4.69, 9.17) is 5.73 Å². The number of anilines is 1. The molecule has 1 nitrogen and oxygen atoms in total. The SMILES string of the molecule is Nc1cc(-c2ccccc2)c2ccc3c(C(F)(F)F)cc(-c4ccccc4)c4ccc1c2c43. The highest BCUT2D eigenvalue weighted by Crippen LogP contribution is 2.48. The molecule has 0 aliphatic carbocycles. The molecule has 160 valence electrons. The van der Waals surface area contributed by atoms with E-state index in [1.165, 1.54) is 6.07 Å². The number of benzene rings is 6. The Kier molecular flexibility index (Phi) is 4.15. The molecule has 0 atom stereocenters. The second-order valence-electron chi connectivity index (χ2n) is 8.29. The van der Waals surface area contributed by atoms with Gasteiger partial charge < -0.3 is 5.73 Å². The van der Waals surface area contributed by atoms with Gasteiger partial charge in [-0.3, -0.25) is 0 Å². The lowest BCUT2D eigenvalue weighted by atomic mass is 9.84. The van der Waals surface area contributed by atoms with Crippen LogP contribution < -0.4 is 5.73 Å². The molecule has 0 saturated carbocycles. The summed E-state index contributed by atoms with van der Waals surface area (Å²) in [4.78, 5) is 0. The predicted octanol–water partition coefficient (Wildman–Crippen LogP) is 8.52. The number of alkyl halides is 3. The first kappa shape index (κ1) is 19.6. The first-order valence-corrected chi connectivity index (χ1v) is 10.7. The fourth-order valence-electron chi connectivity index (χ4n) is 4.97. The molecule has 0 aliphatic rings. The van der Waals surface area contributed by atoms with Crippen molar-refractivity contribution in [3.63, 3.8) is 0 Å². The minimum absolute atomic E-state index is 0.194. The van der Waals surface area contributed by atoms with Crippen molar-refractivity contribution in [3.05, 3.63) is 103 Å². The zero-order chi connectivity index (χ0) is 22.7. The van der Waals surface area contributed by atoms with E-state index in [1.807, 2.05) is 78.9 Å². The van der Waals surface area contributed by atoms with Crippen LogP contribution in [0.1, 0.15) is 5.56 Å². The van der Waals surface area contributed by atoms with Crippen LogP contribution in [0, 0.1) is 0 Å². The number of halogens is 3. The van der Waals surface area contributed by atoms with Crippen LogP contribution in [0.2, 0.25) is 0 Å². The van der Waals surface area contributed by atoms with Crippen molar-refractivity contribution in [2.45, 2.75) is 6.18 Å². The summed E-state index contributed by atoms with van der Waals surface area (Å²) >= 11 is 0. The van der Waals surface area contributed by atoms with Crippen LogP contribution in [-0.2, 0) is 6.18 Å². The highest BCUT2D eigenvalue weighted by molar-refractivity contribution is 6.30. The third-order valence-corrected chi connectivity index (χ3v) is 6.41. The molecule has 0 aliphatic heterocycles. The zero-order valence-corrected chi connectivity index (χ0v) is 17.4. The van der Waals surface area contributed by atoms with Gasteiger partial charge in [-0.25, -0.2) is 0 Å². The van der Waals surface area contributed by atoms with E-state index in [2.05, 4.69) is 0 Å². The predicted molar refractivity (Wildman–Crippen MR) is 130 cm³/mol. The average molecular weight is 437 g/mol. The van der Waals surface area contributed by atoms with Crippen molar-refractivity contribution < 1.29 is 13.2 Å². The summed E-state index contributed by atoms with van der Waals surface area (Å²) in [5.74, 6) is 0. The standard InChI is InChI=1S/C29H18F3N/c30-29(31,32)25-15-23(17-7-3-1-4-8-17)19-12-14-22-26(33)16-24(18-9-5-2-6-10-18)20-11-13-21(25)27(19)28(20)22/h1-16H,33H2. The normalized spacial score (nSPS) is 12.2. The Labute approximate surface area is 188 Å². The van der Waals surface area contributed by atoms with E-state index in [-0.39, 0.29) is 5.39 Å². The van der Waals surface area contributed by atoms with Gasteiger partial charge in [0, 0.05) is 16.5 Å². The quantitative estimate of drug-likeness (QED) is 0.213. The highest BCUT2D eigenvalue weighted by Gasteiger charge is 2.34. The van der Waals surface area contributed by atoms with Crippen molar-refractivity contribution in [1.82, 2.24) is 0 Å². The largest absolute Gasteiger partial charge is 0.417 e. The van der Waals surface area contributed by atoms with E-state index in [0.717, 1.165) is 38.2 Å². The molecular weight excluding hydrogens is 419 g/mol. The number of nitrogen functional groups attached to an aromatic ring is 1. The van der Waals surface area contributed by atoms with Crippen LogP contribution in [0.25, 0.3) is 54.6 Å². The second kappa shape index (κ2) is 6.97. The zero-order valence-electron chi connectivity index (χ0n) is 17.4. The lowest BCUT2D eigenvalue weighted by molar-refractivity contribution is -0.136. The summed E-state index contributed by atoms with van der Waals surface area (Å²) in [6.07, 6.45) is -4.49. The van der Waals surface area contributed by atoms with Gasteiger partial charge in [0.25, 0.3) is 0 Å². The Hall–Kier alpha value is -4.05. The molecule has 0 saturated heterocycles. The molecule has 0 unspecified atom stereocenters. The maximum absolute atomic E-state index is 14.2. The van der Waals surface area contributed by atoms with Crippen LogP contribution in [-0.4, -0.2) is 0 Å². The van der Waals surface area contributed by atoms with Crippen molar-refractivity contribution in [3.8, 4) is 22.3 Å². The summed E-state index contributed by atoms with van der Waals surface area (Å²) in [5, 5.41) is 4.00. The maximum Gasteiger partial charge on any atom is 0.417 e. The van der Waals surface area contributed by atoms with Crippen molar-refractivity contribution in [2.24, 2.45) is 0 Å². The van der Waals surface area contributed by atoms with Crippen molar-refractivity contribution >= 4 is 38.0 Å². The van der Waals surface area contributed by atoms with Gasteiger partial charge in [0.15, 0.2) is 0 Å². The van der Waals surface area contributed by atoms with Gasteiger partial charge in [-0.1, -0.05) is 84.9 Å². The van der Waals surface area contributed by atoms with Crippen molar-refractivity contribution in [1.29, 1.82) is 0 Å². The van der Waals surface area contributed by atoms with Crippen molar-refractivity contribution in [2.75, 3.05) is 5.73 Å². The van der Waals surface area contributed by atoms with Crippen LogP contribution in [0.3, 0.4) is 0 Å². The average Bonchev–Trinajstić information content (AvgIpc) is 2.83. The van der Waals surface area contributed by atoms with Crippen LogP contribution >= 0.6 is 0 Å². The Balaban J connectivity index is 1.85. The smallest absolute Gasteiger partial charge is 0.398 e. The number of hydrogen-bond donors (Lipinski definition) is 1. The van der Waals surface area contributed by atoms with E-state index < -0.39 is 11.7 Å². The summed E-state index contributed by atoms with van der Waals surface area (Å²) < 4.78 is 42.7. The van der Waals surface area contributed by atoms with Gasteiger partial charge in [-0.15, -0.1) is 0 Å². The second-order valence-corrected chi connectivity index (χ2v) is 8.29. The van der Waals surface area contributed by atoms with Crippen LogP contribution in [0.15, 0.2) is 97.1 Å². The number of rotatable bonds is 2. The van der Waals surface area contributed by atoms with Gasteiger partial charge in [-0.2, -0.15) is 13.2 Å². The summed E-state index contributed by atoms with van der Waals surface area (Å²) in [6.45, 7) is 0. The fourth-order valence-corrected chi connectivity index (χ4v) is 4.97. The molecule has 0 heterocycles. The Morgan fingerprint density at radius 1 is 0.515 bits per heavy atom. The highest BCUT2D eigenvalue weighted by atomic mass is 19.4. The molecule has 6 aromatic rings. The molecule has 6 aromatic carbocycles. The summed E-state index contributed by atoms with van der Waals surface area (Å²) in [5.41, 5.74) is 9.57. The number of hydrogen-bond acceptors (Lipinski definition) is 1. The summed E-state index contributed by atoms with van der Waals surface area (Å²) in [6, 6.07) is 29.4. The Morgan fingerprint density at radius 3 is 1.52 bits per heavy atom. The van der Waals surface area contributed by atoms with E-state index in [0.29, 0.717) is 16.6 Å². The first-order valence-electron chi connectivity index (χ1n) is 10.7. The molecule has 0 radical (unpaired) electrons. The minimum atomic E-state index is -4.49. The molecule has 0 amide bonds. The van der Waals surface area contributed by atoms with E-state index in [1.54, 1.807) is 12.1 Å². The molecule has 33 heavy (non-hydrogen) atoms.